The van der Waals surface area contributed by atoms with Gasteiger partial charge in [-0.15, -0.1) is 0 Å². The predicted octanol–water partition coefficient (Wildman–Crippen LogP) is 3.47. The summed E-state index contributed by atoms with van der Waals surface area (Å²) in [5.74, 6) is 0.175. The Morgan fingerprint density at radius 3 is 2.67 bits per heavy atom. The number of hydroxylamine groups is 1. The zero-order valence-corrected chi connectivity index (χ0v) is 16.8. The van der Waals surface area contributed by atoms with Gasteiger partial charge in [0, 0.05) is 29.9 Å². The van der Waals surface area contributed by atoms with Crippen molar-refractivity contribution in [3.05, 3.63) is 53.7 Å². The van der Waals surface area contributed by atoms with Crippen molar-refractivity contribution in [3.63, 3.8) is 0 Å². The highest BCUT2D eigenvalue weighted by Crippen LogP contribution is 2.33. The Morgan fingerprint density at radius 1 is 1.17 bits per heavy atom. The third-order valence-electron chi connectivity index (χ3n) is 4.27. The number of aryl methyl sites for hydroxylation is 1. The van der Waals surface area contributed by atoms with Crippen LogP contribution >= 0.6 is 0 Å². The first-order chi connectivity index (χ1) is 14.4. The molecule has 0 saturated heterocycles. The first kappa shape index (κ1) is 20.9. The van der Waals surface area contributed by atoms with E-state index in [0.717, 1.165) is 5.56 Å². The molecule has 0 atom stereocenters. The first-order valence-electron chi connectivity index (χ1n) is 9.21. The van der Waals surface area contributed by atoms with Crippen LogP contribution in [-0.2, 0) is 4.84 Å². The molecule has 0 aliphatic heterocycles. The molecule has 0 saturated carbocycles. The minimum atomic E-state index is -0.594. The van der Waals surface area contributed by atoms with E-state index in [2.05, 4.69) is 25.9 Å². The van der Waals surface area contributed by atoms with Gasteiger partial charge in [0.05, 0.1) is 18.2 Å². The van der Waals surface area contributed by atoms with Crippen LogP contribution in [0.25, 0.3) is 10.9 Å². The van der Waals surface area contributed by atoms with E-state index in [1.807, 2.05) is 13.8 Å². The van der Waals surface area contributed by atoms with Gasteiger partial charge in [0.15, 0.2) is 0 Å². The number of phenolic OH excluding ortho intramolecular Hbond substituents is 1. The summed E-state index contributed by atoms with van der Waals surface area (Å²) < 4.78 is 6.00. The number of aromatic nitrogens is 1. The number of ether oxygens (including phenoxy) is 1. The molecule has 1 heterocycles. The van der Waals surface area contributed by atoms with Crippen molar-refractivity contribution < 1.29 is 24.3 Å². The summed E-state index contributed by atoms with van der Waals surface area (Å²) in [6, 6.07) is 9.50. The van der Waals surface area contributed by atoms with E-state index in [-0.39, 0.29) is 17.3 Å². The Morgan fingerprint density at radius 2 is 1.97 bits per heavy atom. The largest absolute Gasteiger partial charge is 0.507 e. The molecular weight excluding hydrogens is 388 g/mol. The number of urea groups is 1. The highest BCUT2D eigenvalue weighted by Gasteiger charge is 2.15. The second-order valence-electron chi connectivity index (χ2n) is 6.39. The molecule has 9 heteroatoms. The van der Waals surface area contributed by atoms with Gasteiger partial charge in [-0.2, -0.15) is 0 Å². The molecule has 0 fully saturated rings. The van der Waals surface area contributed by atoms with Gasteiger partial charge >= 0.3 is 6.03 Å². The lowest BCUT2D eigenvalue weighted by atomic mass is 10.1. The number of pyridine rings is 1. The zero-order chi connectivity index (χ0) is 21.7. The molecule has 0 bridgehead atoms. The predicted molar refractivity (Wildman–Crippen MR) is 112 cm³/mol. The van der Waals surface area contributed by atoms with Crippen LogP contribution in [0.4, 0.5) is 10.5 Å². The number of phenols is 1. The Bertz CT molecular complexity index is 1100. The number of nitrogens with zero attached hydrogens (tertiary/aromatic N) is 1. The molecule has 4 N–H and O–H groups in total. The highest BCUT2D eigenvalue weighted by molar-refractivity contribution is 6.01. The highest BCUT2D eigenvalue weighted by atomic mass is 16.6. The number of benzene rings is 2. The van der Waals surface area contributed by atoms with Crippen molar-refractivity contribution >= 4 is 28.5 Å². The molecule has 1 aromatic heterocycles. The summed E-state index contributed by atoms with van der Waals surface area (Å²) in [5.41, 5.74) is 4.14. The standard InChI is InChI=1S/C21H22N4O5/c1-4-22-21(28)24-16-6-5-13(9-12(16)2)30-19-7-8-23-17-11-18(26)15(10-14(17)19)20(27)25-29-3/h5-11,26H,4H2,1-3H3,(H,25,27)(H2,22,24,28). The van der Waals surface area contributed by atoms with Crippen LogP contribution in [0.3, 0.4) is 0 Å². The van der Waals surface area contributed by atoms with Crippen molar-refractivity contribution in [2.45, 2.75) is 13.8 Å². The third kappa shape index (κ3) is 4.58. The summed E-state index contributed by atoms with van der Waals surface area (Å²) in [4.78, 5) is 32.7. The number of carbonyl (C=O) groups excluding carboxylic acids is 2. The first-order valence-corrected chi connectivity index (χ1v) is 9.21. The molecule has 156 valence electrons. The lowest BCUT2D eigenvalue weighted by Crippen LogP contribution is -2.28. The average Bonchev–Trinajstić information content (AvgIpc) is 2.70. The SMILES string of the molecule is CCNC(=O)Nc1ccc(Oc2ccnc3cc(O)c(C(=O)NOC)cc23)cc1C. The van der Waals surface area contributed by atoms with Gasteiger partial charge < -0.3 is 20.5 Å². The maximum Gasteiger partial charge on any atom is 0.319 e. The molecule has 9 nitrogen and oxygen atoms in total. The average molecular weight is 410 g/mol. The van der Waals surface area contributed by atoms with Gasteiger partial charge in [-0.05, 0) is 49.7 Å². The zero-order valence-electron chi connectivity index (χ0n) is 16.8. The molecule has 2 aromatic carbocycles. The van der Waals surface area contributed by atoms with Crippen LogP contribution < -0.4 is 20.9 Å². The van der Waals surface area contributed by atoms with Crippen molar-refractivity contribution in [3.8, 4) is 17.2 Å². The molecule has 3 rings (SSSR count). The van der Waals surface area contributed by atoms with Gasteiger partial charge in [0.1, 0.15) is 17.2 Å². The molecule has 0 unspecified atom stereocenters. The summed E-state index contributed by atoms with van der Waals surface area (Å²) in [5, 5.41) is 16.1. The Hall–Kier alpha value is -3.85. The molecular formula is C21H22N4O5. The Kier molecular flexibility index (Phi) is 6.33. The number of rotatable bonds is 6. The van der Waals surface area contributed by atoms with E-state index in [9.17, 15) is 14.7 Å². The molecule has 30 heavy (non-hydrogen) atoms. The molecule has 0 radical (unpaired) electrons. The van der Waals surface area contributed by atoms with Crippen LogP contribution in [-0.4, -0.2) is 35.7 Å². The number of fused-ring (bicyclic) bond motifs is 1. The lowest BCUT2D eigenvalue weighted by molar-refractivity contribution is 0.0535. The summed E-state index contributed by atoms with van der Waals surface area (Å²) in [6.07, 6.45) is 1.55. The van der Waals surface area contributed by atoms with E-state index in [1.165, 1.54) is 19.2 Å². The number of anilines is 1. The second kappa shape index (κ2) is 9.10. The van der Waals surface area contributed by atoms with Gasteiger partial charge in [0.2, 0.25) is 0 Å². The van der Waals surface area contributed by atoms with E-state index >= 15 is 0 Å². The van der Waals surface area contributed by atoms with E-state index < -0.39 is 5.91 Å². The summed E-state index contributed by atoms with van der Waals surface area (Å²) in [6.45, 7) is 4.22. The van der Waals surface area contributed by atoms with Crippen LogP contribution in [0.2, 0.25) is 0 Å². The van der Waals surface area contributed by atoms with Crippen molar-refractivity contribution in [1.29, 1.82) is 0 Å². The minimum Gasteiger partial charge on any atom is -0.507 e. The lowest BCUT2D eigenvalue weighted by Gasteiger charge is -2.13. The fraction of sp³-hybridized carbons (Fsp3) is 0.190. The molecule has 0 aliphatic rings. The van der Waals surface area contributed by atoms with Crippen molar-refractivity contribution in [2.24, 2.45) is 0 Å². The fourth-order valence-electron chi connectivity index (χ4n) is 2.87. The number of hydrogen-bond donors (Lipinski definition) is 4. The number of carbonyl (C=O) groups is 2. The molecule has 3 amide bonds. The van der Waals surface area contributed by atoms with Crippen LogP contribution in [0.1, 0.15) is 22.8 Å². The van der Waals surface area contributed by atoms with Gasteiger partial charge in [-0.1, -0.05) is 0 Å². The maximum absolute atomic E-state index is 12.1. The number of hydrogen-bond acceptors (Lipinski definition) is 6. The van der Waals surface area contributed by atoms with Gasteiger partial charge in [-0.25, -0.2) is 10.3 Å². The van der Waals surface area contributed by atoms with E-state index in [0.29, 0.717) is 34.6 Å². The third-order valence-corrected chi connectivity index (χ3v) is 4.27. The number of amides is 3. The Balaban J connectivity index is 1.92. The van der Waals surface area contributed by atoms with Gasteiger partial charge in [-0.3, -0.25) is 14.6 Å². The van der Waals surface area contributed by atoms with Gasteiger partial charge in [0.25, 0.3) is 5.91 Å². The molecule has 0 spiro atoms. The fourth-order valence-corrected chi connectivity index (χ4v) is 2.87. The smallest absolute Gasteiger partial charge is 0.319 e. The van der Waals surface area contributed by atoms with Crippen molar-refractivity contribution in [1.82, 2.24) is 15.8 Å². The summed E-state index contributed by atoms with van der Waals surface area (Å²) in [7, 11) is 1.30. The Labute approximate surface area is 173 Å². The topological polar surface area (TPSA) is 122 Å². The quantitative estimate of drug-likeness (QED) is 0.462. The molecule has 0 aliphatic carbocycles. The van der Waals surface area contributed by atoms with E-state index in [4.69, 9.17) is 4.74 Å². The second-order valence-corrected chi connectivity index (χ2v) is 6.39. The van der Waals surface area contributed by atoms with Crippen molar-refractivity contribution in [2.75, 3.05) is 19.0 Å². The number of aromatic hydroxyl groups is 1. The monoisotopic (exact) mass is 410 g/mol. The van der Waals surface area contributed by atoms with E-state index in [1.54, 1.807) is 30.5 Å². The van der Waals surface area contributed by atoms with Crippen LogP contribution in [0, 0.1) is 6.92 Å². The normalized spacial score (nSPS) is 10.5. The summed E-state index contributed by atoms with van der Waals surface area (Å²) >= 11 is 0. The number of nitrogens with one attached hydrogen (secondary N) is 3. The van der Waals surface area contributed by atoms with Crippen LogP contribution in [0.15, 0.2) is 42.6 Å². The molecule has 3 aromatic rings. The minimum absolute atomic E-state index is 0.0277. The maximum atomic E-state index is 12.1. The van der Waals surface area contributed by atoms with Crippen LogP contribution in [0.5, 0.6) is 17.2 Å².